The number of benzene rings is 1. The van der Waals surface area contributed by atoms with Crippen molar-refractivity contribution in [3.63, 3.8) is 0 Å². The van der Waals surface area contributed by atoms with Gasteiger partial charge in [-0.15, -0.1) is 17.5 Å². The smallest absolute Gasteiger partial charge is 0.289 e. The SMILES string of the molecule is COc1cccc(C(c2nnnn2CC2CCCO2)N2CCN(C(=O)c3ccco3)CC2)c1OC.Cl. The summed E-state index contributed by atoms with van der Waals surface area (Å²) < 4.78 is 24.3. The van der Waals surface area contributed by atoms with E-state index < -0.39 is 0 Å². The van der Waals surface area contributed by atoms with Crippen LogP contribution in [0.15, 0.2) is 41.0 Å². The van der Waals surface area contributed by atoms with Crippen molar-refractivity contribution >= 4 is 18.3 Å². The highest BCUT2D eigenvalue weighted by Gasteiger charge is 2.35. The second-order valence-corrected chi connectivity index (χ2v) is 8.64. The molecule has 2 atom stereocenters. The van der Waals surface area contributed by atoms with Gasteiger partial charge in [0.05, 0.1) is 33.1 Å². The van der Waals surface area contributed by atoms with Crippen molar-refractivity contribution in [1.29, 1.82) is 0 Å². The number of amides is 1. The molecule has 2 saturated heterocycles. The van der Waals surface area contributed by atoms with Crippen LogP contribution in [0.3, 0.4) is 0 Å². The van der Waals surface area contributed by atoms with Crippen LogP contribution in [0.4, 0.5) is 0 Å². The van der Waals surface area contributed by atoms with Crippen molar-refractivity contribution in [3.05, 3.63) is 53.7 Å². The number of ether oxygens (including phenoxy) is 3. The molecule has 0 saturated carbocycles. The fraction of sp³-hybridized carbons (Fsp3) is 0.500. The Morgan fingerprint density at radius 3 is 2.64 bits per heavy atom. The van der Waals surface area contributed by atoms with Gasteiger partial charge in [-0.1, -0.05) is 12.1 Å². The Morgan fingerprint density at radius 2 is 1.97 bits per heavy atom. The van der Waals surface area contributed by atoms with Crippen LogP contribution in [0.2, 0.25) is 0 Å². The maximum absolute atomic E-state index is 12.8. The summed E-state index contributed by atoms with van der Waals surface area (Å²) >= 11 is 0. The van der Waals surface area contributed by atoms with Crippen molar-refractivity contribution in [2.75, 3.05) is 47.0 Å². The molecule has 2 aliphatic heterocycles. The number of rotatable bonds is 8. The highest BCUT2D eigenvalue weighted by atomic mass is 35.5. The number of tetrazole rings is 1. The van der Waals surface area contributed by atoms with Crippen molar-refractivity contribution in [2.24, 2.45) is 0 Å². The maximum Gasteiger partial charge on any atom is 0.289 e. The summed E-state index contributed by atoms with van der Waals surface area (Å²) in [6, 6.07) is 8.94. The van der Waals surface area contributed by atoms with Gasteiger partial charge >= 0.3 is 0 Å². The fourth-order valence-corrected chi connectivity index (χ4v) is 4.88. The van der Waals surface area contributed by atoms with E-state index in [1.165, 1.54) is 6.26 Å². The zero-order valence-corrected chi connectivity index (χ0v) is 21.2. The number of aromatic nitrogens is 4. The van der Waals surface area contributed by atoms with Crippen molar-refractivity contribution in [2.45, 2.75) is 31.5 Å². The molecule has 0 N–H and O–H groups in total. The Morgan fingerprint density at radius 1 is 1.14 bits per heavy atom. The first-order valence-corrected chi connectivity index (χ1v) is 11.8. The molecule has 0 radical (unpaired) electrons. The number of carbonyl (C=O) groups is 1. The number of methoxy groups -OCH3 is 2. The quantitative estimate of drug-likeness (QED) is 0.444. The summed E-state index contributed by atoms with van der Waals surface area (Å²) in [4.78, 5) is 16.9. The molecule has 194 valence electrons. The molecular weight excluding hydrogens is 488 g/mol. The fourth-order valence-electron chi connectivity index (χ4n) is 4.88. The van der Waals surface area contributed by atoms with E-state index in [1.807, 2.05) is 27.8 Å². The molecule has 1 aromatic carbocycles. The highest BCUT2D eigenvalue weighted by molar-refractivity contribution is 5.91. The highest BCUT2D eigenvalue weighted by Crippen LogP contribution is 2.40. The van der Waals surface area contributed by atoms with Crippen LogP contribution < -0.4 is 9.47 Å². The molecule has 11 nitrogen and oxygen atoms in total. The van der Waals surface area contributed by atoms with Crippen molar-refractivity contribution < 1.29 is 23.4 Å². The Balaban J connectivity index is 0.00000304. The molecule has 5 rings (SSSR count). The molecule has 36 heavy (non-hydrogen) atoms. The second kappa shape index (κ2) is 11.7. The third-order valence-corrected chi connectivity index (χ3v) is 6.63. The van der Waals surface area contributed by atoms with Gasteiger partial charge in [-0.3, -0.25) is 9.69 Å². The topological polar surface area (TPSA) is 108 Å². The minimum Gasteiger partial charge on any atom is -0.493 e. The van der Waals surface area contributed by atoms with Crippen LogP contribution in [0.5, 0.6) is 11.5 Å². The standard InChI is InChI=1S/C24H30N6O5.ClH/c1-32-19-8-3-7-18(22(19)33-2)21(23-25-26-27-30(23)16-17-6-4-14-34-17)28-10-12-29(13-11-28)24(31)20-9-5-15-35-20;/h3,5,7-9,15,17,21H,4,6,10-14,16H2,1-2H3;1H. The van der Waals surface area contributed by atoms with Crippen LogP contribution in [-0.4, -0.2) is 89.0 Å². The molecule has 12 heteroatoms. The number of piperazine rings is 1. The minimum absolute atomic E-state index is 0. The van der Waals surface area contributed by atoms with E-state index in [0.29, 0.717) is 55.8 Å². The minimum atomic E-state index is -0.294. The molecule has 2 aliphatic rings. The molecule has 2 unspecified atom stereocenters. The monoisotopic (exact) mass is 518 g/mol. The Kier molecular flexibility index (Phi) is 8.44. The van der Waals surface area contributed by atoms with Crippen molar-refractivity contribution in [3.8, 4) is 11.5 Å². The van der Waals surface area contributed by atoms with Gasteiger partial charge in [0, 0.05) is 38.3 Å². The number of para-hydroxylation sites is 1. The summed E-state index contributed by atoms with van der Waals surface area (Å²) in [7, 11) is 3.25. The molecule has 0 aliphatic carbocycles. The largest absolute Gasteiger partial charge is 0.493 e. The van der Waals surface area contributed by atoms with Gasteiger partial charge in [-0.05, 0) is 41.5 Å². The van der Waals surface area contributed by atoms with Crippen LogP contribution in [0.25, 0.3) is 0 Å². The molecule has 3 aromatic rings. The first kappa shape index (κ1) is 25.9. The Bertz CT molecular complexity index is 1130. The molecule has 0 bridgehead atoms. The van der Waals surface area contributed by atoms with Gasteiger partial charge in [-0.25, -0.2) is 4.68 Å². The lowest BCUT2D eigenvalue weighted by Gasteiger charge is -2.39. The number of hydrogen-bond donors (Lipinski definition) is 0. The molecule has 4 heterocycles. The van der Waals surface area contributed by atoms with Gasteiger partial charge < -0.3 is 23.5 Å². The van der Waals surface area contributed by atoms with Gasteiger partial charge in [0.1, 0.15) is 6.04 Å². The second-order valence-electron chi connectivity index (χ2n) is 8.64. The lowest BCUT2D eigenvalue weighted by Crippen LogP contribution is -2.50. The van der Waals surface area contributed by atoms with Crippen LogP contribution in [-0.2, 0) is 11.3 Å². The summed E-state index contributed by atoms with van der Waals surface area (Å²) in [5, 5.41) is 12.8. The van der Waals surface area contributed by atoms with Gasteiger partial charge in [0.25, 0.3) is 5.91 Å². The Labute approximate surface area is 215 Å². The predicted octanol–water partition coefficient (Wildman–Crippen LogP) is 2.43. The van der Waals surface area contributed by atoms with Gasteiger partial charge in [0.2, 0.25) is 0 Å². The summed E-state index contributed by atoms with van der Waals surface area (Å²) in [5.41, 5.74) is 0.904. The Hall–Kier alpha value is -3.15. The first-order valence-electron chi connectivity index (χ1n) is 11.8. The van der Waals surface area contributed by atoms with Crippen LogP contribution in [0, 0.1) is 0 Å². The van der Waals surface area contributed by atoms with E-state index >= 15 is 0 Å². The summed E-state index contributed by atoms with van der Waals surface area (Å²) in [5.74, 6) is 2.23. The average Bonchev–Trinajstić information content (AvgIpc) is 3.68. The molecule has 2 fully saturated rings. The van der Waals surface area contributed by atoms with Crippen LogP contribution in [0.1, 0.15) is 40.8 Å². The van der Waals surface area contributed by atoms with E-state index in [-0.39, 0.29) is 30.5 Å². The van der Waals surface area contributed by atoms with E-state index in [4.69, 9.17) is 18.6 Å². The third kappa shape index (κ3) is 5.18. The lowest BCUT2D eigenvalue weighted by atomic mass is 10.0. The summed E-state index contributed by atoms with van der Waals surface area (Å²) in [6.07, 6.45) is 3.64. The zero-order valence-electron chi connectivity index (χ0n) is 20.4. The molecule has 0 spiro atoms. The van der Waals surface area contributed by atoms with E-state index in [1.54, 1.807) is 26.4 Å². The van der Waals surface area contributed by atoms with Gasteiger partial charge in [0.15, 0.2) is 23.1 Å². The molecular formula is C24H31ClN6O5. The van der Waals surface area contributed by atoms with E-state index in [9.17, 15) is 4.79 Å². The predicted molar refractivity (Wildman–Crippen MR) is 132 cm³/mol. The molecule has 1 amide bonds. The number of furan rings is 1. The first-order chi connectivity index (χ1) is 17.2. The lowest BCUT2D eigenvalue weighted by molar-refractivity contribution is 0.0549. The average molecular weight is 519 g/mol. The van der Waals surface area contributed by atoms with E-state index in [2.05, 4.69) is 20.4 Å². The van der Waals surface area contributed by atoms with Crippen molar-refractivity contribution in [1.82, 2.24) is 30.0 Å². The normalized spacial score (nSPS) is 19.1. The zero-order chi connectivity index (χ0) is 24.2. The van der Waals surface area contributed by atoms with E-state index in [0.717, 1.165) is 25.0 Å². The van der Waals surface area contributed by atoms with Crippen LogP contribution >= 0.6 is 12.4 Å². The maximum atomic E-state index is 12.8. The number of carbonyl (C=O) groups excluding carboxylic acids is 1. The van der Waals surface area contributed by atoms with Gasteiger partial charge in [-0.2, -0.15) is 0 Å². The molecule has 2 aromatic heterocycles. The number of hydrogen-bond acceptors (Lipinski definition) is 9. The number of nitrogens with zero attached hydrogens (tertiary/aromatic N) is 6. The number of halogens is 1. The summed E-state index contributed by atoms with van der Waals surface area (Å²) in [6.45, 7) is 3.71. The third-order valence-electron chi connectivity index (χ3n) is 6.63.